The highest BCUT2D eigenvalue weighted by Gasteiger charge is 2.10. The van der Waals surface area contributed by atoms with Gasteiger partial charge in [0.15, 0.2) is 0 Å². The Morgan fingerprint density at radius 2 is 1.09 bits per heavy atom. The molecule has 0 aliphatic carbocycles. The van der Waals surface area contributed by atoms with Crippen LogP contribution in [0.15, 0.2) is 0 Å². The van der Waals surface area contributed by atoms with E-state index in [0.717, 1.165) is 0 Å². The van der Waals surface area contributed by atoms with Crippen LogP contribution in [0.1, 0.15) is 20.8 Å². The SMILES string of the molecule is CN(C)C(C)(C)C.OB(O)O. The van der Waals surface area contributed by atoms with Crippen LogP contribution in [0.3, 0.4) is 0 Å². The van der Waals surface area contributed by atoms with Crippen LogP contribution < -0.4 is 0 Å². The van der Waals surface area contributed by atoms with Crippen LogP contribution in [0, 0.1) is 0 Å². The van der Waals surface area contributed by atoms with Crippen LogP contribution in [0.5, 0.6) is 0 Å². The molecule has 0 amide bonds. The van der Waals surface area contributed by atoms with Gasteiger partial charge >= 0.3 is 7.32 Å². The molecule has 0 aromatic heterocycles. The number of hydrogen-bond donors (Lipinski definition) is 3. The Hall–Kier alpha value is -0.0951. The first-order valence-electron chi connectivity index (χ1n) is 3.39. The van der Waals surface area contributed by atoms with Gasteiger partial charge in [-0.25, -0.2) is 0 Å². The van der Waals surface area contributed by atoms with Crippen molar-refractivity contribution in [3.05, 3.63) is 0 Å². The normalized spacial score (nSPS) is 10.6. The number of rotatable bonds is 0. The summed E-state index contributed by atoms with van der Waals surface area (Å²) in [5.41, 5.74) is 0.333. The molecule has 68 valence electrons. The van der Waals surface area contributed by atoms with E-state index in [0.29, 0.717) is 5.54 Å². The maximum absolute atomic E-state index is 7.17. The summed E-state index contributed by atoms with van der Waals surface area (Å²) in [4.78, 5) is 2.19. The Labute approximate surface area is 68.6 Å². The van der Waals surface area contributed by atoms with Gasteiger partial charge in [0.25, 0.3) is 0 Å². The van der Waals surface area contributed by atoms with E-state index >= 15 is 0 Å². The van der Waals surface area contributed by atoms with E-state index in [9.17, 15) is 0 Å². The molecule has 0 radical (unpaired) electrons. The topological polar surface area (TPSA) is 63.9 Å². The predicted molar refractivity (Wildman–Crippen MR) is 45.9 cm³/mol. The summed E-state index contributed by atoms with van der Waals surface area (Å²) >= 11 is 0. The van der Waals surface area contributed by atoms with Crippen LogP contribution >= 0.6 is 0 Å². The van der Waals surface area contributed by atoms with Crippen molar-refractivity contribution in [2.75, 3.05) is 14.1 Å². The molecule has 0 aliphatic rings. The second-order valence-corrected chi connectivity index (χ2v) is 3.41. The molecule has 0 saturated heterocycles. The first-order valence-corrected chi connectivity index (χ1v) is 3.39. The van der Waals surface area contributed by atoms with Crippen LogP contribution in [-0.4, -0.2) is 46.9 Å². The molecule has 0 bridgehead atoms. The monoisotopic (exact) mass is 163 g/mol. The molecule has 11 heavy (non-hydrogen) atoms. The predicted octanol–water partition coefficient (Wildman–Crippen LogP) is -0.705. The molecule has 4 nitrogen and oxygen atoms in total. The van der Waals surface area contributed by atoms with Crippen molar-refractivity contribution >= 4 is 7.32 Å². The Bertz CT molecular complexity index is 87.6. The van der Waals surface area contributed by atoms with Crippen molar-refractivity contribution in [2.45, 2.75) is 26.3 Å². The smallest absolute Gasteiger partial charge is 0.402 e. The Kier molecular flexibility index (Phi) is 6.80. The molecule has 5 heteroatoms. The minimum Gasteiger partial charge on any atom is -0.402 e. The zero-order chi connectivity index (χ0) is 9.65. The summed E-state index contributed by atoms with van der Waals surface area (Å²) in [7, 11) is 2.00. The molecule has 0 unspecified atom stereocenters. The third-order valence-electron chi connectivity index (χ3n) is 1.34. The van der Waals surface area contributed by atoms with Gasteiger partial charge in [0.05, 0.1) is 0 Å². The first kappa shape index (κ1) is 13.5. The number of nitrogens with zero attached hydrogens (tertiary/aromatic N) is 1. The first-order chi connectivity index (χ1) is 4.68. The fourth-order valence-corrected chi connectivity index (χ4v) is 0. The van der Waals surface area contributed by atoms with E-state index < -0.39 is 7.32 Å². The lowest BCUT2D eigenvalue weighted by atomic mass is 10.1. The fraction of sp³-hybridized carbons (Fsp3) is 1.00. The lowest BCUT2D eigenvalue weighted by Crippen LogP contribution is -2.34. The average molecular weight is 163 g/mol. The molecule has 0 aromatic carbocycles. The van der Waals surface area contributed by atoms with Gasteiger partial charge in [0.2, 0.25) is 0 Å². The molecule has 0 aromatic rings. The van der Waals surface area contributed by atoms with Gasteiger partial charge < -0.3 is 20.0 Å². The summed E-state index contributed by atoms with van der Waals surface area (Å²) in [5, 5.41) is 21.5. The van der Waals surface area contributed by atoms with Crippen molar-refractivity contribution in [3.8, 4) is 0 Å². The molecule has 0 fully saturated rings. The van der Waals surface area contributed by atoms with E-state index in [1.165, 1.54) is 0 Å². The van der Waals surface area contributed by atoms with Crippen molar-refractivity contribution in [1.29, 1.82) is 0 Å². The van der Waals surface area contributed by atoms with Crippen LogP contribution in [0.4, 0.5) is 0 Å². The number of hydrogen-bond acceptors (Lipinski definition) is 4. The maximum atomic E-state index is 7.17. The Morgan fingerprint density at radius 1 is 1.00 bits per heavy atom. The standard InChI is InChI=1S/C6H15N.BH3O3/c1-6(2,3)7(4)5;2-1(3)4/h1-5H3;2-4H. The van der Waals surface area contributed by atoms with Gasteiger partial charge in [-0.1, -0.05) is 0 Å². The Balaban J connectivity index is 0. The zero-order valence-electron chi connectivity index (χ0n) is 7.87. The Morgan fingerprint density at radius 3 is 1.09 bits per heavy atom. The maximum Gasteiger partial charge on any atom is 0.631 e. The van der Waals surface area contributed by atoms with Crippen LogP contribution in [-0.2, 0) is 0 Å². The van der Waals surface area contributed by atoms with E-state index in [4.69, 9.17) is 15.1 Å². The molecule has 0 atom stereocenters. The van der Waals surface area contributed by atoms with E-state index in [2.05, 4.69) is 39.8 Å². The van der Waals surface area contributed by atoms with Crippen molar-refractivity contribution in [2.24, 2.45) is 0 Å². The summed E-state index contributed by atoms with van der Waals surface area (Å²) in [6.07, 6.45) is 0. The second-order valence-electron chi connectivity index (χ2n) is 3.41. The van der Waals surface area contributed by atoms with Gasteiger partial charge in [-0.05, 0) is 34.9 Å². The minimum atomic E-state index is -2.17. The highest BCUT2D eigenvalue weighted by atomic mass is 16.5. The molecular weight excluding hydrogens is 145 g/mol. The second kappa shape index (κ2) is 5.54. The summed E-state index contributed by atoms with van der Waals surface area (Å²) in [5.74, 6) is 0. The molecule has 0 spiro atoms. The fourth-order valence-electron chi connectivity index (χ4n) is 0. The summed E-state index contributed by atoms with van der Waals surface area (Å²) in [6, 6.07) is 0. The van der Waals surface area contributed by atoms with Gasteiger partial charge in [-0.15, -0.1) is 0 Å². The third-order valence-corrected chi connectivity index (χ3v) is 1.34. The summed E-state index contributed by atoms with van der Waals surface area (Å²) < 4.78 is 0. The highest BCUT2D eigenvalue weighted by molar-refractivity contribution is 6.30. The molecule has 0 saturated carbocycles. The molecule has 0 heterocycles. The highest BCUT2D eigenvalue weighted by Crippen LogP contribution is 2.05. The van der Waals surface area contributed by atoms with Gasteiger partial charge in [-0.3, -0.25) is 0 Å². The van der Waals surface area contributed by atoms with Gasteiger partial charge in [-0.2, -0.15) is 0 Å². The lowest BCUT2D eigenvalue weighted by molar-refractivity contribution is 0.219. The minimum absolute atomic E-state index is 0.333. The van der Waals surface area contributed by atoms with Crippen LogP contribution in [0.2, 0.25) is 0 Å². The van der Waals surface area contributed by atoms with Gasteiger partial charge in [0, 0.05) is 5.54 Å². The lowest BCUT2D eigenvalue weighted by Gasteiger charge is -2.27. The molecule has 3 N–H and O–H groups in total. The van der Waals surface area contributed by atoms with Crippen molar-refractivity contribution < 1.29 is 15.1 Å². The quantitative estimate of drug-likeness (QED) is 0.413. The van der Waals surface area contributed by atoms with E-state index in [1.54, 1.807) is 0 Å². The van der Waals surface area contributed by atoms with E-state index in [1.807, 2.05) is 0 Å². The molecule has 0 aliphatic heterocycles. The molecule has 0 rings (SSSR count). The summed E-state index contributed by atoms with van der Waals surface area (Å²) in [6.45, 7) is 6.56. The third kappa shape index (κ3) is 17.8. The van der Waals surface area contributed by atoms with Crippen molar-refractivity contribution in [1.82, 2.24) is 4.90 Å². The van der Waals surface area contributed by atoms with Crippen molar-refractivity contribution in [3.63, 3.8) is 0 Å². The van der Waals surface area contributed by atoms with Crippen LogP contribution in [0.25, 0.3) is 0 Å². The average Bonchev–Trinajstić information content (AvgIpc) is 1.59. The largest absolute Gasteiger partial charge is 0.631 e. The van der Waals surface area contributed by atoms with E-state index in [-0.39, 0.29) is 0 Å². The van der Waals surface area contributed by atoms with Gasteiger partial charge in [0.1, 0.15) is 0 Å². The molecular formula is C6H18BNO3. The zero-order valence-corrected chi connectivity index (χ0v) is 7.87.